The normalized spacial score (nSPS) is 21.3. The molecule has 2 aromatic rings. The molecule has 0 radical (unpaired) electrons. The average Bonchev–Trinajstić information content (AvgIpc) is 3.10. The highest BCUT2D eigenvalue weighted by atomic mass is 16.5. The van der Waals surface area contributed by atoms with Crippen LogP contribution in [0.4, 0.5) is 0 Å². The van der Waals surface area contributed by atoms with Crippen LogP contribution in [0.25, 0.3) is 0 Å². The number of likely N-dealkylation sites (tertiary alicyclic amines) is 1. The molecule has 1 aliphatic carbocycles. The lowest BCUT2D eigenvalue weighted by atomic mass is 9.88. The van der Waals surface area contributed by atoms with Crippen molar-refractivity contribution >= 4 is 5.91 Å². The highest BCUT2D eigenvalue weighted by molar-refractivity contribution is 5.79. The van der Waals surface area contributed by atoms with Crippen LogP contribution in [-0.2, 0) is 17.6 Å². The summed E-state index contributed by atoms with van der Waals surface area (Å²) in [7, 11) is 0. The highest BCUT2D eigenvalue weighted by Gasteiger charge is 2.32. The van der Waals surface area contributed by atoms with E-state index in [1.165, 1.54) is 0 Å². The molecule has 3 heterocycles. The Balaban J connectivity index is 1.30. The Hall–Kier alpha value is -2.44. The van der Waals surface area contributed by atoms with Crippen molar-refractivity contribution < 1.29 is 9.53 Å². The van der Waals surface area contributed by atoms with Crippen LogP contribution in [0.2, 0.25) is 0 Å². The summed E-state index contributed by atoms with van der Waals surface area (Å²) in [6, 6.07) is 3.63. The number of carbonyl (C=O) groups excluding carboxylic acids is 1. The maximum Gasteiger partial charge on any atom is 0.233 e. The first-order chi connectivity index (χ1) is 11.8. The molecule has 1 N–H and O–H groups in total. The summed E-state index contributed by atoms with van der Waals surface area (Å²) in [6.07, 6.45) is 7.71. The van der Waals surface area contributed by atoms with Crippen LogP contribution in [0.15, 0.2) is 24.7 Å². The lowest BCUT2D eigenvalue weighted by Crippen LogP contribution is -2.45. The smallest absolute Gasteiger partial charge is 0.233 e. The quantitative estimate of drug-likeness (QED) is 0.920. The minimum atomic E-state index is 0.0791. The van der Waals surface area contributed by atoms with Crippen LogP contribution in [0.3, 0.4) is 0 Å². The molecule has 1 saturated heterocycles. The summed E-state index contributed by atoms with van der Waals surface area (Å²) >= 11 is 0. The van der Waals surface area contributed by atoms with Gasteiger partial charge in [0, 0.05) is 56.2 Å². The summed E-state index contributed by atoms with van der Waals surface area (Å²) in [6.45, 7) is 1.49. The molecule has 0 spiro atoms. The molecule has 1 aliphatic heterocycles. The van der Waals surface area contributed by atoms with E-state index < -0.39 is 0 Å². The minimum Gasteiger partial charge on any atom is -0.473 e. The SMILES string of the molecule is O=C([C@@H]1CCc2nc[nH]c2C1)N1CCC(Oc2cccnn2)CC1. The molecule has 7 nitrogen and oxygen atoms in total. The van der Waals surface area contributed by atoms with E-state index in [1.54, 1.807) is 12.5 Å². The van der Waals surface area contributed by atoms with Crippen molar-refractivity contribution in [1.82, 2.24) is 25.1 Å². The van der Waals surface area contributed by atoms with Crippen LogP contribution >= 0.6 is 0 Å². The number of hydrogen-bond acceptors (Lipinski definition) is 5. The van der Waals surface area contributed by atoms with Gasteiger partial charge in [0.15, 0.2) is 0 Å². The van der Waals surface area contributed by atoms with E-state index in [0.717, 1.165) is 56.6 Å². The van der Waals surface area contributed by atoms with Crippen molar-refractivity contribution in [2.45, 2.75) is 38.2 Å². The topological polar surface area (TPSA) is 84.0 Å². The van der Waals surface area contributed by atoms with Gasteiger partial charge in [0.05, 0.1) is 12.0 Å². The zero-order chi connectivity index (χ0) is 16.4. The standard InChI is InChI=1S/C17H21N5O2/c23-17(12-3-4-14-15(10-12)19-11-18-14)22-8-5-13(6-9-22)24-16-2-1-7-20-21-16/h1-2,7,11-13H,3-6,8-10H2,(H,18,19)/t12-/m1/s1. The van der Waals surface area contributed by atoms with Crippen molar-refractivity contribution in [1.29, 1.82) is 0 Å². The van der Waals surface area contributed by atoms with Gasteiger partial charge in [-0.1, -0.05) is 0 Å². The Labute approximate surface area is 140 Å². The average molecular weight is 327 g/mol. The Morgan fingerprint density at radius 1 is 1.29 bits per heavy atom. The van der Waals surface area contributed by atoms with E-state index in [2.05, 4.69) is 20.2 Å². The van der Waals surface area contributed by atoms with Crippen LogP contribution < -0.4 is 4.74 Å². The number of ether oxygens (including phenoxy) is 1. The summed E-state index contributed by atoms with van der Waals surface area (Å²) < 4.78 is 5.84. The number of nitrogens with zero attached hydrogens (tertiary/aromatic N) is 4. The molecule has 24 heavy (non-hydrogen) atoms. The van der Waals surface area contributed by atoms with Crippen molar-refractivity contribution in [2.75, 3.05) is 13.1 Å². The molecule has 7 heteroatoms. The fourth-order valence-electron chi connectivity index (χ4n) is 3.58. The molecule has 1 fully saturated rings. The largest absolute Gasteiger partial charge is 0.473 e. The number of amides is 1. The molecule has 1 amide bonds. The first kappa shape index (κ1) is 15.1. The van der Waals surface area contributed by atoms with Gasteiger partial charge in [-0.25, -0.2) is 4.98 Å². The molecule has 126 valence electrons. The second-order valence-electron chi connectivity index (χ2n) is 6.47. The lowest BCUT2D eigenvalue weighted by molar-refractivity contribution is -0.137. The van der Waals surface area contributed by atoms with Gasteiger partial charge in [-0.15, -0.1) is 5.10 Å². The maximum absolute atomic E-state index is 12.8. The van der Waals surface area contributed by atoms with Crippen molar-refractivity contribution in [3.63, 3.8) is 0 Å². The Bertz CT molecular complexity index is 694. The van der Waals surface area contributed by atoms with Gasteiger partial charge >= 0.3 is 0 Å². The number of hydrogen-bond donors (Lipinski definition) is 1. The minimum absolute atomic E-state index is 0.0791. The van der Waals surface area contributed by atoms with Gasteiger partial charge < -0.3 is 14.6 Å². The number of fused-ring (bicyclic) bond motifs is 1. The Kier molecular flexibility index (Phi) is 4.15. The predicted molar refractivity (Wildman–Crippen MR) is 86.4 cm³/mol. The molecule has 0 bridgehead atoms. The highest BCUT2D eigenvalue weighted by Crippen LogP contribution is 2.26. The monoisotopic (exact) mass is 327 g/mol. The summed E-state index contributed by atoms with van der Waals surface area (Å²) in [4.78, 5) is 22.2. The Morgan fingerprint density at radius 3 is 2.96 bits per heavy atom. The molecule has 0 unspecified atom stereocenters. The van der Waals surface area contributed by atoms with Gasteiger partial charge in [0.25, 0.3) is 0 Å². The number of rotatable bonds is 3. The van der Waals surface area contributed by atoms with E-state index in [1.807, 2.05) is 17.0 Å². The molecular weight excluding hydrogens is 306 g/mol. The van der Waals surface area contributed by atoms with Crippen LogP contribution in [0.5, 0.6) is 5.88 Å². The Morgan fingerprint density at radius 2 is 2.17 bits per heavy atom. The fourth-order valence-corrected chi connectivity index (χ4v) is 3.58. The maximum atomic E-state index is 12.8. The van der Waals surface area contributed by atoms with E-state index in [0.29, 0.717) is 5.88 Å². The van der Waals surface area contributed by atoms with Crippen LogP contribution in [-0.4, -0.2) is 50.2 Å². The lowest BCUT2D eigenvalue weighted by Gasteiger charge is -2.34. The number of H-pyrrole nitrogens is 1. The third-order valence-electron chi connectivity index (χ3n) is 4.93. The molecule has 4 rings (SSSR count). The molecule has 2 aliphatic rings. The van der Waals surface area contributed by atoms with Crippen LogP contribution in [0, 0.1) is 5.92 Å². The second kappa shape index (κ2) is 6.59. The second-order valence-corrected chi connectivity index (χ2v) is 6.47. The molecule has 1 atom stereocenters. The first-order valence-electron chi connectivity index (χ1n) is 8.54. The zero-order valence-corrected chi connectivity index (χ0v) is 13.5. The summed E-state index contributed by atoms with van der Waals surface area (Å²) in [5.41, 5.74) is 2.25. The number of aryl methyl sites for hydroxylation is 1. The number of aromatic nitrogens is 4. The predicted octanol–water partition coefficient (Wildman–Crippen LogP) is 1.37. The molecule has 0 saturated carbocycles. The molecule has 2 aromatic heterocycles. The number of aromatic amines is 1. The third-order valence-corrected chi connectivity index (χ3v) is 4.93. The zero-order valence-electron chi connectivity index (χ0n) is 13.5. The first-order valence-corrected chi connectivity index (χ1v) is 8.54. The van der Waals surface area contributed by atoms with E-state index >= 15 is 0 Å². The molecular formula is C17H21N5O2. The number of imidazole rings is 1. The van der Waals surface area contributed by atoms with Gasteiger partial charge in [-0.2, -0.15) is 5.10 Å². The van der Waals surface area contributed by atoms with Crippen molar-refractivity contribution in [3.05, 3.63) is 36.0 Å². The van der Waals surface area contributed by atoms with Gasteiger partial charge in [0.2, 0.25) is 11.8 Å². The van der Waals surface area contributed by atoms with Crippen molar-refractivity contribution in [2.24, 2.45) is 5.92 Å². The van der Waals surface area contributed by atoms with Crippen molar-refractivity contribution in [3.8, 4) is 5.88 Å². The molecule has 0 aromatic carbocycles. The van der Waals surface area contributed by atoms with E-state index in [4.69, 9.17) is 4.74 Å². The number of carbonyl (C=O) groups is 1. The van der Waals surface area contributed by atoms with Gasteiger partial charge in [-0.05, 0) is 18.9 Å². The summed E-state index contributed by atoms with van der Waals surface area (Å²) in [5.74, 6) is 0.907. The van der Waals surface area contributed by atoms with Gasteiger partial charge in [-0.3, -0.25) is 4.79 Å². The third kappa shape index (κ3) is 3.11. The summed E-state index contributed by atoms with van der Waals surface area (Å²) in [5, 5.41) is 7.78. The number of piperidine rings is 1. The van der Waals surface area contributed by atoms with Gasteiger partial charge in [0.1, 0.15) is 6.10 Å². The number of nitrogens with one attached hydrogen (secondary N) is 1. The fraction of sp³-hybridized carbons (Fsp3) is 0.529. The van der Waals surface area contributed by atoms with Crippen LogP contribution in [0.1, 0.15) is 30.7 Å². The van der Waals surface area contributed by atoms with E-state index in [9.17, 15) is 4.79 Å². The van der Waals surface area contributed by atoms with E-state index in [-0.39, 0.29) is 17.9 Å².